The first-order chi connectivity index (χ1) is 16.1. The highest BCUT2D eigenvalue weighted by Gasteiger charge is 2.31. The van der Waals surface area contributed by atoms with Crippen molar-refractivity contribution in [2.24, 2.45) is 0 Å². The van der Waals surface area contributed by atoms with Crippen LogP contribution in [0.3, 0.4) is 0 Å². The number of methoxy groups -OCH3 is 1. The fourth-order valence-corrected chi connectivity index (χ4v) is 3.88. The summed E-state index contributed by atoms with van der Waals surface area (Å²) in [6, 6.07) is 19.0. The van der Waals surface area contributed by atoms with Crippen molar-refractivity contribution in [3.8, 4) is 11.5 Å². The fourth-order valence-electron chi connectivity index (χ4n) is 3.88. The van der Waals surface area contributed by atoms with Gasteiger partial charge in [0.15, 0.2) is 0 Å². The minimum absolute atomic E-state index is 0.0421. The van der Waals surface area contributed by atoms with Crippen molar-refractivity contribution in [2.75, 3.05) is 20.2 Å². The summed E-state index contributed by atoms with van der Waals surface area (Å²) in [6.07, 6.45) is 4.89. The third-order valence-corrected chi connectivity index (χ3v) is 5.71. The molecule has 3 aromatic rings. The number of piperidine rings is 1. The van der Waals surface area contributed by atoms with E-state index in [9.17, 15) is 9.59 Å². The van der Waals surface area contributed by atoms with Gasteiger partial charge < -0.3 is 19.7 Å². The van der Waals surface area contributed by atoms with Crippen LogP contribution in [0, 0.1) is 0 Å². The number of nitrogens with zero attached hydrogens (tertiary/aromatic N) is 2. The number of likely N-dealkylation sites (tertiary alicyclic amines) is 1. The van der Waals surface area contributed by atoms with E-state index >= 15 is 0 Å². The van der Waals surface area contributed by atoms with Gasteiger partial charge in [-0.1, -0.05) is 30.3 Å². The molecular weight excluding hydrogens is 418 g/mol. The number of ether oxygens (including phenoxy) is 2. The number of carbonyl (C=O) groups is 2. The lowest BCUT2D eigenvalue weighted by Crippen LogP contribution is -2.47. The van der Waals surface area contributed by atoms with E-state index < -0.39 is 6.04 Å². The Morgan fingerprint density at radius 3 is 2.24 bits per heavy atom. The van der Waals surface area contributed by atoms with E-state index in [1.54, 1.807) is 48.7 Å². The maximum atomic E-state index is 13.5. The monoisotopic (exact) mass is 445 g/mol. The van der Waals surface area contributed by atoms with Crippen LogP contribution in [0.1, 0.15) is 34.8 Å². The molecule has 2 amide bonds. The molecule has 1 aromatic heterocycles. The largest absolute Gasteiger partial charge is 0.497 e. The van der Waals surface area contributed by atoms with Crippen molar-refractivity contribution in [1.29, 1.82) is 0 Å². The van der Waals surface area contributed by atoms with E-state index in [-0.39, 0.29) is 17.9 Å². The highest BCUT2D eigenvalue weighted by molar-refractivity contribution is 5.98. The third-order valence-electron chi connectivity index (χ3n) is 5.71. The van der Waals surface area contributed by atoms with E-state index in [0.29, 0.717) is 24.4 Å². The van der Waals surface area contributed by atoms with Gasteiger partial charge in [0.2, 0.25) is 5.91 Å². The number of pyridine rings is 1. The van der Waals surface area contributed by atoms with E-state index in [1.165, 1.54) is 0 Å². The minimum Gasteiger partial charge on any atom is -0.497 e. The summed E-state index contributed by atoms with van der Waals surface area (Å²) < 4.78 is 11.2. The maximum absolute atomic E-state index is 13.5. The first-order valence-electron chi connectivity index (χ1n) is 11.0. The molecule has 1 N–H and O–H groups in total. The smallest absolute Gasteiger partial charge is 0.252 e. The normalized spacial score (nSPS) is 14.9. The number of aromatic nitrogens is 1. The Balaban J connectivity index is 1.43. The zero-order valence-corrected chi connectivity index (χ0v) is 18.5. The Kier molecular flexibility index (Phi) is 7.19. The zero-order valence-electron chi connectivity index (χ0n) is 18.5. The average Bonchev–Trinajstić information content (AvgIpc) is 2.88. The van der Waals surface area contributed by atoms with Crippen molar-refractivity contribution >= 4 is 11.8 Å². The summed E-state index contributed by atoms with van der Waals surface area (Å²) in [5.41, 5.74) is 1.22. The molecule has 0 unspecified atom stereocenters. The van der Waals surface area contributed by atoms with Crippen LogP contribution in [-0.4, -0.2) is 48.0 Å². The Labute approximate surface area is 193 Å². The van der Waals surface area contributed by atoms with Gasteiger partial charge in [0.1, 0.15) is 23.6 Å². The molecule has 2 heterocycles. The lowest BCUT2D eigenvalue weighted by atomic mass is 10.0. The molecule has 33 heavy (non-hydrogen) atoms. The van der Waals surface area contributed by atoms with Crippen LogP contribution in [-0.2, 0) is 4.79 Å². The molecule has 1 atom stereocenters. The van der Waals surface area contributed by atoms with Gasteiger partial charge in [0.25, 0.3) is 5.91 Å². The second-order valence-corrected chi connectivity index (χ2v) is 7.87. The van der Waals surface area contributed by atoms with E-state index in [4.69, 9.17) is 9.47 Å². The molecule has 170 valence electrons. The standard InChI is InChI=1S/C26H27N3O4/c1-32-21-9-7-20(8-10-21)25(30)28-24(19-5-3-2-4-6-19)26(31)29-17-13-23(14-18-29)33-22-11-15-27-16-12-22/h2-12,15-16,23-24H,13-14,17-18H2,1H3,(H,28,30)/t24-/m1/s1. The molecule has 7 nitrogen and oxygen atoms in total. The van der Waals surface area contributed by atoms with Gasteiger partial charge in [-0.25, -0.2) is 0 Å². The SMILES string of the molecule is COc1ccc(C(=O)N[C@@H](C(=O)N2CCC(Oc3ccncc3)CC2)c2ccccc2)cc1. The van der Waals surface area contributed by atoms with Gasteiger partial charge in [0.05, 0.1) is 7.11 Å². The first kappa shape index (κ1) is 22.3. The molecule has 0 radical (unpaired) electrons. The molecule has 0 bridgehead atoms. The number of rotatable bonds is 7. The summed E-state index contributed by atoms with van der Waals surface area (Å²) in [6.45, 7) is 1.13. The van der Waals surface area contributed by atoms with Crippen molar-refractivity contribution < 1.29 is 19.1 Å². The number of benzene rings is 2. The topological polar surface area (TPSA) is 80.8 Å². The number of carbonyl (C=O) groups excluding carboxylic acids is 2. The third kappa shape index (κ3) is 5.68. The molecule has 0 aliphatic carbocycles. The quantitative estimate of drug-likeness (QED) is 0.601. The van der Waals surface area contributed by atoms with E-state index in [1.807, 2.05) is 42.5 Å². The second kappa shape index (κ2) is 10.6. The Morgan fingerprint density at radius 1 is 0.939 bits per heavy atom. The fraction of sp³-hybridized carbons (Fsp3) is 0.269. The molecule has 0 saturated carbocycles. The van der Waals surface area contributed by atoms with Crippen molar-refractivity contribution in [3.05, 3.63) is 90.3 Å². The molecule has 4 rings (SSSR count). The molecule has 0 spiro atoms. The summed E-state index contributed by atoms with van der Waals surface area (Å²) in [4.78, 5) is 32.2. The highest BCUT2D eigenvalue weighted by Crippen LogP contribution is 2.23. The lowest BCUT2D eigenvalue weighted by Gasteiger charge is -2.34. The van der Waals surface area contributed by atoms with E-state index in [0.717, 1.165) is 24.2 Å². The molecule has 1 aliphatic heterocycles. The summed E-state index contributed by atoms with van der Waals surface area (Å²) in [7, 11) is 1.57. The van der Waals surface area contributed by atoms with Crippen LogP contribution in [0.5, 0.6) is 11.5 Å². The summed E-state index contributed by atoms with van der Waals surface area (Å²) in [5, 5.41) is 2.93. The zero-order chi connectivity index (χ0) is 23.0. The van der Waals surface area contributed by atoms with Crippen LogP contribution in [0.15, 0.2) is 79.1 Å². The van der Waals surface area contributed by atoms with Crippen LogP contribution in [0.2, 0.25) is 0 Å². The van der Waals surface area contributed by atoms with Gasteiger partial charge in [-0.05, 0) is 42.0 Å². The van der Waals surface area contributed by atoms with Gasteiger partial charge in [-0.15, -0.1) is 0 Å². The number of nitrogens with one attached hydrogen (secondary N) is 1. The van der Waals surface area contributed by atoms with Crippen LogP contribution < -0.4 is 14.8 Å². The Morgan fingerprint density at radius 2 is 1.61 bits per heavy atom. The second-order valence-electron chi connectivity index (χ2n) is 7.87. The minimum atomic E-state index is -0.765. The molecule has 1 aliphatic rings. The molecular formula is C26H27N3O4. The molecule has 1 fully saturated rings. The van der Waals surface area contributed by atoms with Crippen LogP contribution >= 0.6 is 0 Å². The van der Waals surface area contributed by atoms with Gasteiger partial charge in [-0.3, -0.25) is 14.6 Å². The van der Waals surface area contributed by atoms with Crippen molar-refractivity contribution in [2.45, 2.75) is 25.0 Å². The van der Waals surface area contributed by atoms with Crippen molar-refractivity contribution in [3.63, 3.8) is 0 Å². The maximum Gasteiger partial charge on any atom is 0.252 e. The predicted molar refractivity (Wildman–Crippen MR) is 124 cm³/mol. The van der Waals surface area contributed by atoms with Crippen LogP contribution in [0.4, 0.5) is 0 Å². The van der Waals surface area contributed by atoms with Crippen molar-refractivity contribution in [1.82, 2.24) is 15.2 Å². The molecule has 7 heteroatoms. The number of amides is 2. The number of hydrogen-bond acceptors (Lipinski definition) is 5. The first-order valence-corrected chi connectivity index (χ1v) is 11.0. The average molecular weight is 446 g/mol. The molecule has 1 saturated heterocycles. The predicted octanol–water partition coefficient (Wildman–Crippen LogP) is 3.63. The summed E-state index contributed by atoms with van der Waals surface area (Å²) in [5.74, 6) is 1.02. The molecule has 2 aromatic carbocycles. The highest BCUT2D eigenvalue weighted by atomic mass is 16.5. The van der Waals surface area contributed by atoms with Gasteiger partial charge >= 0.3 is 0 Å². The Bertz CT molecular complexity index is 1050. The van der Waals surface area contributed by atoms with E-state index in [2.05, 4.69) is 10.3 Å². The van der Waals surface area contributed by atoms with Gasteiger partial charge in [-0.2, -0.15) is 0 Å². The lowest BCUT2D eigenvalue weighted by molar-refractivity contribution is -0.135. The Hall–Kier alpha value is -3.87. The number of hydrogen-bond donors (Lipinski definition) is 1. The van der Waals surface area contributed by atoms with Gasteiger partial charge in [0, 0.05) is 43.9 Å². The summed E-state index contributed by atoms with van der Waals surface area (Å²) >= 11 is 0. The van der Waals surface area contributed by atoms with Crippen LogP contribution in [0.25, 0.3) is 0 Å².